The first kappa shape index (κ1) is 19.5. The number of aliphatic hydroxyl groups excluding tert-OH is 4. The van der Waals surface area contributed by atoms with Gasteiger partial charge in [0.05, 0.1) is 53.5 Å². The molecule has 2 aliphatic rings. The molecule has 10 heteroatoms. The van der Waals surface area contributed by atoms with Crippen LogP contribution in [-0.4, -0.2) is 79.4 Å². The quantitative estimate of drug-likeness (QED) is 0.543. The van der Waals surface area contributed by atoms with Gasteiger partial charge in [0.25, 0.3) is 5.24 Å². The fraction of sp³-hybridized carbons (Fsp3) is 0.500. The summed E-state index contributed by atoms with van der Waals surface area (Å²) in [5.41, 5.74) is 0.368. The fourth-order valence-corrected chi connectivity index (χ4v) is 5.90. The molecule has 142 valence electrons. The van der Waals surface area contributed by atoms with Crippen LogP contribution in [0.2, 0.25) is 0 Å². The van der Waals surface area contributed by atoms with Crippen molar-refractivity contribution >= 4 is 40.4 Å². The van der Waals surface area contributed by atoms with Gasteiger partial charge in [-0.25, -0.2) is 4.90 Å². The lowest BCUT2D eigenvalue weighted by Gasteiger charge is -2.46. The summed E-state index contributed by atoms with van der Waals surface area (Å²) in [6, 6.07) is 6.40. The number of thioether (sulfide) groups is 2. The van der Waals surface area contributed by atoms with Gasteiger partial charge in [0.1, 0.15) is 5.75 Å². The first-order valence-corrected chi connectivity index (χ1v) is 9.70. The number of ether oxygens (including phenoxy) is 1. The van der Waals surface area contributed by atoms with Crippen LogP contribution in [0.5, 0.6) is 5.75 Å². The number of amides is 2. The second-order valence-electron chi connectivity index (χ2n) is 5.97. The zero-order valence-corrected chi connectivity index (χ0v) is 15.4. The lowest BCUT2D eigenvalue weighted by atomic mass is 9.99. The molecule has 0 aliphatic carbocycles. The Bertz CT molecular complexity index is 686. The monoisotopic (exact) mass is 401 g/mol. The van der Waals surface area contributed by atoms with Gasteiger partial charge in [0.15, 0.2) is 0 Å². The van der Waals surface area contributed by atoms with Crippen LogP contribution in [0.25, 0.3) is 0 Å². The molecular weight excluding hydrogens is 382 g/mol. The van der Waals surface area contributed by atoms with Gasteiger partial charge in [-0.15, -0.1) is 11.8 Å². The van der Waals surface area contributed by atoms with Crippen molar-refractivity contribution in [1.29, 1.82) is 0 Å². The van der Waals surface area contributed by atoms with E-state index >= 15 is 0 Å². The topological polar surface area (TPSA) is 128 Å². The molecular formula is C16H19NO7S2. The maximum atomic E-state index is 12.9. The minimum Gasteiger partial charge on any atom is -0.497 e. The molecule has 2 fully saturated rings. The van der Waals surface area contributed by atoms with Gasteiger partial charge in [-0.05, 0) is 24.3 Å². The second-order valence-corrected chi connectivity index (χ2v) is 8.43. The highest BCUT2D eigenvalue weighted by Crippen LogP contribution is 2.45. The number of rotatable bonds is 4. The number of nitrogens with zero attached hydrogens (tertiary/aromatic N) is 1. The summed E-state index contributed by atoms with van der Waals surface area (Å²) in [4.78, 5) is 26.4. The van der Waals surface area contributed by atoms with Crippen LogP contribution in [-0.2, 0) is 4.79 Å². The zero-order valence-electron chi connectivity index (χ0n) is 13.8. The van der Waals surface area contributed by atoms with Crippen molar-refractivity contribution in [1.82, 2.24) is 0 Å². The van der Waals surface area contributed by atoms with Crippen molar-refractivity contribution in [3.63, 3.8) is 0 Å². The Kier molecular flexibility index (Phi) is 5.80. The highest BCUT2D eigenvalue weighted by atomic mass is 32.2. The maximum absolute atomic E-state index is 12.9. The number of carbonyl (C=O) groups is 2. The van der Waals surface area contributed by atoms with Crippen molar-refractivity contribution < 1.29 is 34.8 Å². The number of benzene rings is 1. The van der Waals surface area contributed by atoms with Gasteiger partial charge in [0, 0.05) is 0 Å². The van der Waals surface area contributed by atoms with Crippen LogP contribution in [0.4, 0.5) is 10.5 Å². The van der Waals surface area contributed by atoms with Gasteiger partial charge in [-0.3, -0.25) is 9.59 Å². The van der Waals surface area contributed by atoms with Crippen molar-refractivity contribution in [2.24, 2.45) is 0 Å². The molecule has 2 aliphatic heterocycles. The lowest BCUT2D eigenvalue weighted by molar-refractivity contribution is -0.118. The predicted octanol–water partition coefficient (Wildman–Crippen LogP) is -0.177. The van der Waals surface area contributed by atoms with E-state index in [1.807, 2.05) is 0 Å². The van der Waals surface area contributed by atoms with E-state index in [2.05, 4.69) is 0 Å². The van der Waals surface area contributed by atoms with E-state index in [4.69, 9.17) is 9.84 Å². The number of carbonyl (C=O) groups excluding carboxylic acids is 2. The maximum Gasteiger partial charge on any atom is 0.293 e. The van der Waals surface area contributed by atoms with E-state index in [0.717, 1.165) is 28.4 Å². The first-order chi connectivity index (χ1) is 12.4. The molecule has 2 saturated heterocycles. The van der Waals surface area contributed by atoms with Gasteiger partial charge in [0.2, 0.25) is 5.91 Å². The minimum atomic E-state index is -1.37. The van der Waals surface area contributed by atoms with Crippen LogP contribution in [0.15, 0.2) is 24.3 Å². The number of imide groups is 1. The third-order valence-corrected chi connectivity index (χ3v) is 7.48. The molecule has 2 heterocycles. The lowest BCUT2D eigenvalue weighted by Crippen LogP contribution is -2.62. The van der Waals surface area contributed by atoms with Crippen LogP contribution in [0, 0.1) is 0 Å². The number of fused-ring (bicyclic) bond motifs is 1. The third kappa shape index (κ3) is 3.32. The van der Waals surface area contributed by atoms with Crippen LogP contribution >= 0.6 is 23.5 Å². The van der Waals surface area contributed by atoms with Gasteiger partial charge in [-0.1, -0.05) is 11.8 Å². The number of hydrogen-bond acceptors (Lipinski definition) is 9. The number of methoxy groups -OCH3 is 1. The molecule has 0 spiro atoms. The average Bonchev–Trinajstić information content (AvgIpc) is 2.65. The van der Waals surface area contributed by atoms with E-state index in [1.54, 1.807) is 24.3 Å². The van der Waals surface area contributed by atoms with E-state index in [-0.39, 0.29) is 0 Å². The highest BCUT2D eigenvalue weighted by Gasteiger charge is 2.54. The standard InChI is InChI=1S/C16H19NO7S2/c1-24-8-4-2-7(3-5-8)17-15(22)14-13(26-16(17)23)11(21)10(20)12(25-14)9(19)6-18/h2-5,9-14,18-21H,6H2,1H3/t9-,10+,11+,12?,13?,14?/m0/s1. The van der Waals surface area contributed by atoms with Crippen molar-refractivity contribution in [2.75, 3.05) is 18.6 Å². The fourth-order valence-electron chi connectivity index (χ4n) is 3.00. The number of anilines is 1. The smallest absolute Gasteiger partial charge is 0.293 e. The highest BCUT2D eigenvalue weighted by molar-refractivity contribution is 8.16. The summed E-state index contributed by atoms with van der Waals surface area (Å²) in [5.74, 6) is 0.0444. The SMILES string of the molecule is COc1ccc(N2C(=O)SC3C(SC([C@@H](O)CO)[C@H](O)[C@H]3O)C2=O)cc1. The first-order valence-electron chi connectivity index (χ1n) is 7.88. The minimum absolute atomic E-state index is 0.368. The normalized spacial score (nSPS) is 33.0. The summed E-state index contributed by atoms with van der Waals surface area (Å²) < 4.78 is 5.06. The van der Waals surface area contributed by atoms with E-state index in [1.165, 1.54) is 7.11 Å². The second kappa shape index (κ2) is 7.75. The van der Waals surface area contributed by atoms with Gasteiger partial charge >= 0.3 is 0 Å². The molecule has 6 atom stereocenters. The van der Waals surface area contributed by atoms with E-state index < -0.39 is 51.8 Å². The molecule has 3 unspecified atom stereocenters. The largest absolute Gasteiger partial charge is 0.497 e. The van der Waals surface area contributed by atoms with E-state index in [9.17, 15) is 24.9 Å². The average molecular weight is 401 g/mol. The molecule has 0 bridgehead atoms. The third-order valence-electron chi connectivity index (χ3n) is 4.41. The van der Waals surface area contributed by atoms with Crippen molar-refractivity contribution in [3.05, 3.63) is 24.3 Å². The summed E-state index contributed by atoms with van der Waals surface area (Å²) in [6.45, 7) is -0.610. The van der Waals surface area contributed by atoms with E-state index in [0.29, 0.717) is 11.4 Å². The van der Waals surface area contributed by atoms with Gasteiger partial charge in [-0.2, -0.15) is 0 Å². The van der Waals surface area contributed by atoms with Crippen molar-refractivity contribution in [2.45, 2.75) is 34.1 Å². The summed E-state index contributed by atoms with van der Waals surface area (Å²) >= 11 is 1.75. The Morgan fingerprint density at radius 1 is 1.19 bits per heavy atom. The molecule has 0 aromatic heterocycles. The van der Waals surface area contributed by atoms with Crippen molar-refractivity contribution in [3.8, 4) is 5.75 Å². The number of aliphatic hydroxyl groups is 4. The Balaban J connectivity index is 1.89. The predicted molar refractivity (Wildman–Crippen MR) is 97.5 cm³/mol. The zero-order chi connectivity index (χ0) is 19.0. The van der Waals surface area contributed by atoms with Crippen LogP contribution < -0.4 is 9.64 Å². The summed E-state index contributed by atoms with van der Waals surface area (Å²) in [6.07, 6.45) is -4.03. The molecule has 3 rings (SSSR count). The summed E-state index contributed by atoms with van der Waals surface area (Å²) in [7, 11) is 1.50. The Labute approximate surface area is 158 Å². The molecule has 8 nitrogen and oxygen atoms in total. The molecule has 26 heavy (non-hydrogen) atoms. The molecule has 1 aromatic carbocycles. The van der Waals surface area contributed by atoms with Crippen LogP contribution in [0.3, 0.4) is 0 Å². The number of hydrogen-bond donors (Lipinski definition) is 4. The summed E-state index contributed by atoms with van der Waals surface area (Å²) in [5, 5.41) is 36.4. The molecule has 1 aromatic rings. The molecule has 4 N–H and O–H groups in total. The van der Waals surface area contributed by atoms with Crippen LogP contribution in [0.1, 0.15) is 0 Å². The Hall–Kier alpha value is -1.30. The van der Waals surface area contributed by atoms with Gasteiger partial charge < -0.3 is 25.2 Å². The molecule has 2 amide bonds. The Morgan fingerprint density at radius 2 is 1.85 bits per heavy atom. The Morgan fingerprint density at radius 3 is 2.42 bits per heavy atom. The molecule has 0 saturated carbocycles. The molecule has 0 radical (unpaired) electrons.